The number of hydrogen-bond acceptors (Lipinski definition) is 5. The van der Waals surface area contributed by atoms with Crippen molar-refractivity contribution in [3.8, 4) is 0 Å². The Morgan fingerprint density at radius 3 is 2.61 bits per heavy atom. The molecule has 1 heterocycles. The molecule has 0 bridgehead atoms. The molecular weight excluding hydrogens is 234 g/mol. The lowest BCUT2D eigenvalue weighted by atomic mass is 10.1. The van der Waals surface area contributed by atoms with Gasteiger partial charge in [0.1, 0.15) is 11.8 Å². The van der Waals surface area contributed by atoms with E-state index in [1.165, 1.54) is 12.1 Å². The molecule has 1 unspecified atom stereocenters. The Hall–Kier alpha value is -2.37. The minimum Gasteiger partial charge on any atom is -0.464 e. The van der Waals surface area contributed by atoms with Gasteiger partial charge in [0, 0.05) is 6.42 Å². The molecule has 0 aromatic heterocycles. The average molecular weight is 247 g/mol. The van der Waals surface area contributed by atoms with Crippen LogP contribution in [0.25, 0.3) is 0 Å². The fourth-order valence-electron chi connectivity index (χ4n) is 1.79. The Balaban J connectivity index is 2.33. The third-order valence-electron chi connectivity index (χ3n) is 2.68. The van der Waals surface area contributed by atoms with Gasteiger partial charge in [-0.3, -0.25) is 9.80 Å². The van der Waals surface area contributed by atoms with Gasteiger partial charge in [-0.05, 0) is 12.1 Å². The molecule has 0 radical (unpaired) electrons. The molecule has 1 aromatic rings. The highest BCUT2D eigenvalue weighted by Crippen LogP contribution is 2.24. The van der Waals surface area contributed by atoms with Crippen LogP contribution in [0.1, 0.15) is 6.42 Å². The molecule has 0 aliphatic carbocycles. The Kier molecular flexibility index (Phi) is 3.27. The van der Waals surface area contributed by atoms with E-state index in [4.69, 9.17) is 5.73 Å². The SMILES string of the molecule is COC(=O)C1=NN(c2ccccc2)C(C(N)=O)C1. The molecule has 0 fully saturated rings. The molecule has 1 amide bonds. The zero-order chi connectivity index (χ0) is 13.1. The number of hydrazone groups is 1. The highest BCUT2D eigenvalue weighted by molar-refractivity contribution is 6.38. The van der Waals surface area contributed by atoms with Crippen LogP contribution < -0.4 is 10.7 Å². The Morgan fingerprint density at radius 1 is 1.39 bits per heavy atom. The van der Waals surface area contributed by atoms with Gasteiger partial charge >= 0.3 is 5.97 Å². The van der Waals surface area contributed by atoms with E-state index in [9.17, 15) is 9.59 Å². The maximum absolute atomic E-state index is 11.4. The predicted octanol–water partition coefficient (Wildman–Crippen LogP) is 0.280. The van der Waals surface area contributed by atoms with Crippen molar-refractivity contribution in [3.63, 3.8) is 0 Å². The number of methoxy groups -OCH3 is 1. The summed E-state index contributed by atoms with van der Waals surface area (Å²) in [5, 5.41) is 5.56. The van der Waals surface area contributed by atoms with Gasteiger partial charge in [-0.25, -0.2) is 4.79 Å². The van der Waals surface area contributed by atoms with Crippen molar-refractivity contribution < 1.29 is 14.3 Å². The second-order valence-electron chi connectivity index (χ2n) is 3.84. The number of amides is 1. The first kappa shape index (κ1) is 12.1. The van der Waals surface area contributed by atoms with Crippen LogP contribution in [-0.4, -0.2) is 30.7 Å². The summed E-state index contributed by atoms with van der Waals surface area (Å²) in [6.45, 7) is 0. The number of nitrogens with two attached hydrogens (primary N) is 1. The maximum atomic E-state index is 11.4. The summed E-state index contributed by atoms with van der Waals surface area (Å²) in [7, 11) is 1.27. The zero-order valence-corrected chi connectivity index (χ0v) is 9.87. The minimum atomic E-state index is -0.651. The van der Waals surface area contributed by atoms with E-state index in [0.717, 1.165) is 0 Å². The van der Waals surface area contributed by atoms with E-state index < -0.39 is 17.9 Å². The van der Waals surface area contributed by atoms with Gasteiger partial charge in [-0.1, -0.05) is 18.2 Å². The van der Waals surface area contributed by atoms with Gasteiger partial charge in [-0.2, -0.15) is 5.10 Å². The lowest BCUT2D eigenvalue weighted by Crippen LogP contribution is -2.39. The molecule has 2 N–H and O–H groups in total. The second kappa shape index (κ2) is 4.87. The van der Waals surface area contributed by atoms with Crippen LogP contribution in [0.4, 0.5) is 5.69 Å². The van der Waals surface area contributed by atoms with E-state index >= 15 is 0 Å². The summed E-state index contributed by atoms with van der Waals surface area (Å²) in [5.41, 5.74) is 6.23. The third-order valence-corrected chi connectivity index (χ3v) is 2.68. The number of nitrogens with zero attached hydrogens (tertiary/aromatic N) is 2. The van der Waals surface area contributed by atoms with E-state index in [-0.39, 0.29) is 12.1 Å². The minimum absolute atomic E-state index is 0.164. The number of carbonyl (C=O) groups is 2. The number of ether oxygens (including phenoxy) is 1. The summed E-state index contributed by atoms with van der Waals surface area (Å²) in [5.74, 6) is -1.07. The summed E-state index contributed by atoms with van der Waals surface area (Å²) in [4.78, 5) is 22.8. The smallest absolute Gasteiger partial charge is 0.354 e. The number of hydrogen-bond donors (Lipinski definition) is 1. The predicted molar refractivity (Wildman–Crippen MR) is 66.0 cm³/mol. The van der Waals surface area contributed by atoms with Crippen molar-refractivity contribution in [1.82, 2.24) is 0 Å². The molecule has 1 aliphatic rings. The number of benzene rings is 1. The van der Waals surface area contributed by atoms with Crippen LogP contribution in [0, 0.1) is 0 Å². The van der Waals surface area contributed by atoms with Crippen LogP contribution in [0.15, 0.2) is 35.4 Å². The Morgan fingerprint density at radius 2 is 2.06 bits per heavy atom. The third kappa shape index (κ3) is 2.17. The van der Waals surface area contributed by atoms with E-state index in [2.05, 4.69) is 9.84 Å². The van der Waals surface area contributed by atoms with Crippen LogP contribution in [0.5, 0.6) is 0 Å². The molecule has 94 valence electrons. The highest BCUT2D eigenvalue weighted by Gasteiger charge is 2.35. The van der Waals surface area contributed by atoms with Crippen molar-refractivity contribution in [3.05, 3.63) is 30.3 Å². The fraction of sp³-hybridized carbons (Fsp3) is 0.250. The zero-order valence-electron chi connectivity index (χ0n) is 9.87. The quantitative estimate of drug-likeness (QED) is 0.777. The molecule has 18 heavy (non-hydrogen) atoms. The summed E-state index contributed by atoms with van der Waals surface area (Å²) >= 11 is 0. The van der Waals surface area contributed by atoms with Crippen LogP contribution >= 0.6 is 0 Å². The standard InChI is InChI=1S/C12H13N3O3/c1-18-12(17)9-7-10(11(13)16)15(14-9)8-5-3-2-4-6-8/h2-6,10H,7H2,1H3,(H2,13,16). The van der Waals surface area contributed by atoms with E-state index in [0.29, 0.717) is 5.69 Å². The van der Waals surface area contributed by atoms with Crippen LogP contribution in [-0.2, 0) is 14.3 Å². The molecule has 1 aliphatic heterocycles. The Bertz CT molecular complexity index is 499. The first-order valence-electron chi connectivity index (χ1n) is 5.43. The average Bonchev–Trinajstić information content (AvgIpc) is 2.84. The van der Waals surface area contributed by atoms with Crippen molar-refractivity contribution >= 4 is 23.3 Å². The molecule has 6 heteroatoms. The number of rotatable bonds is 3. The molecule has 1 atom stereocenters. The molecular formula is C12H13N3O3. The summed E-state index contributed by atoms with van der Waals surface area (Å²) in [6, 6.07) is 8.42. The van der Waals surface area contributed by atoms with Gasteiger partial charge in [0.2, 0.25) is 5.91 Å². The van der Waals surface area contributed by atoms with Gasteiger partial charge in [-0.15, -0.1) is 0 Å². The summed E-state index contributed by atoms with van der Waals surface area (Å²) in [6.07, 6.45) is 0.164. The van der Waals surface area contributed by atoms with Crippen molar-refractivity contribution in [2.75, 3.05) is 12.1 Å². The normalized spacial score (nSPS) is 18.4. The van der Waals surface area contributed by atoms with E-state index in [1.54, 1.807) is 12.1 Å². The molecule has 2 rings (SSSR count). The first-order valence-corrected chi connectivity index (χ1v) is 5.43. The van der Waals surface area contributed by atoms with Crippen LogP contribution in [0.3, 0.4) is 0 Å². The molecule has 0 saturated carbocycles. The van der Waals surface area contributed by atoms with Crippen molar-refractivity contribution in [2.45, 2.75) is 12.5 Å². The first-order chi connectivity index (χ1) is 8.63. The number of esters is 1. The van der Waals surface area contributed by atoms with E-state index in [1.807, 2.05) is 18.2 Å². The summed E-state index contributed by atoms with van der Waals surface area (Å²) < 4.78 is 4.60. The van der Waals surface area contributed by atoms with Crippen molar-refractivity contribution in [2.24, 2.45) is 10.8 Å². The van der Waals surface area contributed by atoms with Gasteiger partial charge in [0.25, 0.3) is 0 Å². The number of para-hydroxylation sites is 1. The largest absolute Gasteiger partial charge is 0.464 e. The molecule has 1 aromatic carbocycles. The fourth-order valence-corrected chi connectivity index (χ4v) is 1.79. The lowest BCUT2D eigenvalue weighted by molar-refractivity contribution is -0.132. The number of anilines is 1. The van der Waals surface area contributed by atoms with Gasteiger partial charge in [0.15, 0.2) is 0 Å². The molecule has 0 saturated heterocycles. The monoisotopic (exact) mass is 247 g/mol. The maximum Gasteiger partial charge on any atom is 0.354 e. The number of carbonyl (C=O) groups excluding carboxylic acids is 2. The Labute approximate surface area is 104 Å². The second-order valence-corrected chi connectivity index (χ2v) is 3.84. The van der Waals surface area contributed by atoms with Gasteiger partial charge in [0.05, 0.1) is 12.8 Å². The lowest BCUT2D eigenvalue weighted by Gasteiger charge is -2.20. The molecule has 0 spiro atoms. The highest BCUT2D eigenvalue weighted by atomic mass is 16.5. The van der Waals surface area contributed by atoms with Gasteiger partial charge < -0.3 is 10.5 Å². The topological polar surface area (TPSA) is 85.0 Å². The van der Waals surface area contributed by atoms with Crippen LogP contribution in [0.2, 0.25) is 0 Å². The number of primary amides is 1. The molecule has 6 nitrogen and oxygen atoms in total. The van der Waals surface area contributed by atoms with Crippen molar-refractivity contribution in [1.29, 1.82) is 0 Å².